The van der Waals surface area contributed by atoms with Crippen molar-refractivity contribution in [2.24, 2.45) is 5.73 Å². The summed E-state index contributed by atoms with van der Waals surface area (Å²) in [6.07, 6.45) is -1.69. The van der Waals surface area contributed by atoms with Gasteiger partial charge in [-0.1, -0.05) is 69.3 Å². The van der Waals surface area contributed by atoms with Crippen LogP contribution in [0.3, 0.4) is 0 Å². The maximum atomic E-state index is 12.4. The minimum atomic E-state index is -1.69. The second-order valence-electron chi connectivity index (χ2n) is 10.2. The molecule has 3 aromatic rings. The summed E-state index contributed by atoms with van der Waals surface area (Å²) in [6.45, 7) is 7.28. The summed E-state index contributed by atoms with van der Waals surface area (Å²) < 4.78 is 0. The summed E-state index contributed by atoms with van der Waals surface area (Å²) in [6, 6.07) is 20.7. The van der Waals surface area contributed by atoms with Gasteiger partial charge in [-0.25, -0.2) is 5.48 Å². The van der Waals surface area contributed by atoms with Crippen LogP contribution in [0.15, 0.2) is 72.8 Å². The van der Waals surface area contributed by atoms with Crippen LogP contribution in [0.25, 0.3) is 11.1 Å². The van der Waals surface area contributed by atoms with Crippen molar-refractivity contribution in [1.29, 1.82) is 0 Å². The number of rotatable bonds is 10. The molecule has 0 bridgehead atoms. The lowest BCUT2D eigenvalue weighted by Crippen LogP contribution is -2.55. The van der Waals surface area contributed by atoms with Crippen LogP contribution in [0.1, 0.15) is 42.3 Å². The van der Waals surface area contributed by atoms with Crippen LogP contribution >= 0.6 is 0 Å². The van der Waals surface area contributed by atoms with E-state index in [0.717, 1.165) is 16.7 Å². The lowest BCUT2D eigenvalue weighted by atomic mass is 9.87. The van der Waals surface area contributed by atoms with Crippen molar-refractivity contribution in [2.75, 3.05) is 11.9 Å². The molecule has 0 saturated heterocycles. The molecule has 0 aliphatic rings. The molecular weight excluding hydrogens is 498 g/mol. The second kappa shape index (κ2) is 13.1. The van der Waals surface area contributed by atoms with E-state index in [-0.39, 0.29) is 23.4 Å². The highest BCUT2D eigenvalue weighted by molar-refractivity contribution is 5.98. The van der Waals surface area contributed by atoms with Gasteiger partial charge in [0.2, 0.25) is 5.91 Å². The molecule has 0 saturated carbocycles. The topological polar surface area (TPSA) is 166 Å². The Morgan fingerprint density at radius 1 is 0.872 bits per heavy atom. The number of nitrogens with two attached hydrogens (primary N) is 1. The Morgan fingerprint density at radius 3 is 1.95 bits per heavy atom. The van der Waals surface area contributed by atoms with Crippen LogP contribution < -0.4 is 27.2 Å². The van der Waals surface area contributed by atoms with E-state index in [1.807, 2.05) is 12.1 Å². The monoisotopic (exact) mass is 533 g/mol. The lowest BCUT2D eigenvalue weighted by molar-refractivity contribution is -0.133. The Morgan fingerprint density at radius 2 is 1.44 bits per heavy atom. The third-order valence-electron chi connectivity index (χ3n) is 6.10. The van der Waals surface area contributed by atoms with Gasteiger partial charge in [-0.05, 0) is 51.9 Å². The van der Waals surface area contributed by atoms with Gasteiger partial charge in [0.05, 0.1) is 6.54 Å². The molecule has 3 aromatic carbocycles. The Hall–Kier alpha value is -4.09. The minimum absolute atomic E-state index is 0.100. The Bertz CT molecular complexity index is 1270. The smallest absolute Gasteiger partial charge is 0.270 e. The summed E-state index contributed by atoms with van der Waals surface area (Å²) in [5.74, 6) is -1.84. The Labute approximate surface area is 227 Å². The molecule has 2 atom stereocenters. The fraction of sp³-hybridized carbons (Fsp3) is 0.276. The van der Waals surface area contributed by atoms with E-state index >= 15 is 0 Å². The fourth-order valence-electron chi connectivity index (χ4n) is 3.81. The molecule has 0 fully saturated rings. The molecule has 3 rings (SSSR count). The number of benzene rings is 3. The number of carbonyl (C=O) groups excluding carboxylic acids is 3. The number of anilines is 1. The number of carbonyl (C=O) groups is 3. The van der Waals surface area contributed by atoms with Crippen LogP contribution in [-0.2, 0) is 21.5 Å². The average molecular weight is 534 g/mol. The summed E-state index contributed by atoms with van der Waals surface area (Å²) in [4.78, 5) is 36.3. The van der Waals surface area contributed by atoms with E-state index in [4.69, 9.17) is 10.9 Å². The Kier molecular flexibility index (Phi) is 9.91. The van der Waals surface area contributed by atoms with Crippen LogP contribution in [-0.4, -0.2) is 46.8 Å². The van der Waals surface area contributed by atoms with Gasteiger partial charge in [0.15, 0.2) is 0 Å². The number of aliphatic hydroxyl groups excluding tert-OH is 1. The largest absolute Gasteiger partial charge is 0.376 e. The number of hydrogen-bond acceptors (Lipinski definition) is 7. The van der Waals surface area contributed by atoms with Gasteiger partial charge in [0.1, 0.15) is 12.3 Å². The van der Waals surface area contributed by atoms with Crippen molar-refractivity contribution in [3.8, 4) is 11.1 Å². The first-order valence-electron chi connectivity index (χ1n) is 12.5. The molecule has 3 amide bonds. The summed E-state index contributed by atoms with van der Waals surface area (Å²) in [7, 11) is 0. The van der Waals surface area contributed by atoms with E-state index in [2.05, 4.69) is 61.0 Å². The maximum absolute atomic E-state index is 12.4. The first-order valence-corrected chi connectivity index (χ1v) is 12.5. The van der Waals surface area contributed by atoms with E-state index < -0.39 is 24.1 Å². The number of nitrogens with one attached hydrogen (secondary N) is 4. The van der Waals surface area contributed by atoms with Gasteiger partial charge in [-0.3, -0.25) is 19.6 Å². The second-order valence-corrected chi connectivity index (χ2v) is 10.2. The van der Waals surface area contributed by atoms with Gasteiger partial charge in [-0.2, -0.15) is 0 Å². The van der Waals surface area contributed by atoms with Crippen molar-refractivity contribution in [3.05, 3.63) is 89.5 Å². The molecule has 206 valence electrons. The molecule has 0 heterocycles. The van der Waals surface area contributed by atoms with Gasteiger partial charge in [0, 0.05) is 17.8 Å². The molecular formula is C29H35N5O5. The Balaban J connectivity index is 1.50. The molecule has 10 nitrogen and oxygen atoms in total. The van der Waals surface area contributed by atoms with Crippen molar-refractivity contribution in [2.45, 2.75) is 45.0 Å². The number of hydrogen-bond donors (Lipinski definition) is 7. The third kappa shape index (κ3) is 8.45. The van der Waals surface area contributed by atoms with Crippen LogP contribution in [0.5, 0.6) is 0 Å². The third-order valence-corrected chi connectivity index (χ3v) is 6.10. The van der Waals surface area contributed by atoms with Crippen molar-refractivity contribution in [1.82, 2.24) is 16.1 Å². The van der Waals surface area contributed by atoms with E-state index in [1.54, 1.807) is 36.4 Å². The van der Waals surface area contributed by atoms with Crippen LogP contribution in [0, 0.1) is 0 Å². The lowest BCUT2D eigenvalue weighted by Gasteiger charge is -2.19. The van der Waals surface area contributed by atoms with Crippen molar-refractivity contribution < 1.29 is 24.7 Å². The molecule has 8 N–H and O–H groups in total. The predicted octanol–water partition coefficient (Wildman–Crippen LogP) is 2.26. The summed E-state index contributed by atoms with van der Waals surface area (Å²) >= 11 is 0. The van der Waals surface area contributed by atoms with Gasteiger partial charge in [0.25, 0.3) is 11.8 Å². The highest BCUT2D eigenvalue weighted by Gasteiger charge is 2.26. The minimum Gasteiger partial charge on any atom is -0.376 e. The van der Waals surface area contributed by atoms with Gasteiger partial charge < -0.3 is 26.8 Å². The van der Waals surface area contributed by atoms with E-state index in [0.29, 0.717) is 12.2 Å². The molecule has 39 heavy (non-hydrogen) atoms. The molecule has 0 spiro atoms. The first kappa shape index (κ1) is 29.5. The zero-order chi connectivity index (χ0) is 28.6. The standard InChI is InChI=1S/C29H35N5O5/c1-29(2,3)22-12-4-18(5-13-22)16-31-17-24(35)32-23-14-10-20(11-15-23)19-6-8-21(9-7-19)27(37)33-25(26(30)36)28(38)34-39/h4-15,25-26,31,36,39H,16-17,30H2,1-3H3,(H,32,35)(H,33,37)(H,34,38)/t25-,26-/m0/s1. The highest BCUT2D eigenvalue weighted by atomic mass is 16.5. The fourth-order valence-corrected chi connectivity index (χ4v) is 3.81. The van der Waals surface area contributed by atoms with E-state index in [9.17, 15) is 19.5 Å². The molecule has 10 heteroatoms. The predicted molar refractivity (Wildman–Crippen MR) is 149 cm³/mol. The van der Waals surface area contributed by atoms with Crippen LogP contribution in [0.2, 0.25) is 0 Å². The zero-order valence-corrected chi connectivity index (χ0v) is 22.2. The van der Waals surface area contributed by atoms with Gasteiger partial charge >= 0.3 is 0 Å². The first-order chi connectivity index (χ1) is 18.5. The summed E-state index contributed by atoms with van der Waals surface area (Å²) in [5.41, 5.74) is 11.7. The molecule has 0 aliphatic carbocycles. The maximum Gasteiger partial charge on any atom is 0.270 e. The molecule has 0 unspecified atom stereocenters. The molecule has 0 aliphatic heterocycles. The van der Waals surface area contributed by atoms with Crippen LogP contribution in [0.4, 0.5) is 5.69 Å². The van der Waals surface area contributed by atoms with Crippen molar-refractivity contribution >= 4 is 23.4 Å². The highest BCUT2D eigenvalue weighted by Crippen LogP contribution is 2.23. The van der Waals surface area contributed by atoms with E-state index in [1.165, 1.54) is 11.0 Å². The molecule has 0 aromatic heterocycles. The van der Waals surface area contributed by atoms with Gasteiger partial charge in [-0.15, -0.1) is 0 Å². The van der Waals surface area contributed by atoms with Crippen molar-refractivity contribution in [3.63, 3.8) is 0 Å². The SMILES string of the molecule is CC(C)(C)c1ccc(CNCC(=O)Nc2ccc(-c3ccc(C(=O)N[C@H](C(=O)NO)[C@@H](N)O)cc3)cc2)cc1. The number of hydroxylamine groups is 1. The summed E-state index contributed by atoms with van der Waals surface area (Å²) in [5, 5.41) is 26.5. The quantitative estimate of drug-likeness (QED) is 0.119. The number of amides is 3. The normalized spacial score (nSPS) is 12.8. The zero-order valence-electron chi connectivity index (χ0n) is 22.2. The molecule has 0 radical (unpaired) electrons. The average Bonchev–Trinajstić information content (AvgIpc) is 2.91. The number of aliphatic hydroxyl groups is 1.